The number of hydrogen-bond acceptors (Lipinski definition) is 6. The van der Waals surface area contributed by atoms with Crippen LogP contribution in [0.4, 0.5) is 0 Å². The van der Waals surface area contributed by atoms with E-state index < -0.39 is 11.6 Å². The molecule has 206 valence electrons. The zero-order valence-corrected chi connectivity index (χ0v) is 23.9. The molecular formula is C30H42N4O3S. The third kappa shape index (κ3) is 9.93. The van der Waals surface area contributed by atoms with Crippen LogP contribution >= 0.6 is 12.8 Å². The van der Waals surface area contributed by atoms with Gasteiger partial charge in [0.2, 0.25) is 11.6 Å². The minimum atomic E-state index is -0.486. The molecule has 1 aliphatic heterocycles. The van der Waals surface area contributed by atoms with Gasteiger partial charge in [-0.2, -0.15) is 0 Å². The van der Waals surface area contributed by atoms with Gasteiger partial charge in [-0.05, 0) is 31.7 Å². The van der Waals surface area contributed by atoms with E-state index in [2.05, 4.69) is 41.3 Å². The number of piperidine rings is 1. The van der Waals surface area contributed by atoms with Gasteiger partial charge >= 0.3 is 5.69 Å². The van der Waals surface area contributed by atoms with Gasteiger partial charge in [0.05, 0.1) is 0 Å². The molecule has 3 N–H and O–H groups in total. The highest BCUT2D eigenvalue weighted by Gasteiger charge is 2.22. The fourth-order valence-electron chi connectivity index (χ4n) is 4.03. The van der Waals surface area contributed by atoms with E-state index in [-0.39, 0.29) is 11.7 Å². The number of nitrogens with one attached hydrogen (secondary N) is 1. The lowest BCUT2D eigenvalue weighted by Gasteiger charge is -2.32. The van der Waals surface area contributed by atoms with E-state index in [0.717, 1.165) is 50.2 Å². The van der Waals surface area contributed by atoms with Gasteiger partial charge in [-0.25, -0.2) is 4.79 Å². The monoisotopic (exact) mass is 538 g/mol. The van der Waals surface area contributed by atoms with Crippen molar-refractivity contribution in [2.45, 2.75) is 59.5 Å². The van der Waals surface area contributed by atoms with Gasteiger partial charge in [-0.3, -0.25) is 24.2 Å². The predicted octanol–water partition coefficient (Wildman–Crippen LogP) is 5.79. The summed E-state index contributed by atoms with van der Waals surface area (Å²) < 4.78 is 1.82. The molecule has 0 saturated carbocycles. The lowest BCUT2D eigenvalue weighted by Crippen LogP contribution is -2.36. The van der Waals surface area contributed by atoms with Crippen LogP contribution < -0.4 is 10.8 Å². The summed E-state index contributed by atoms with van der Waals surface area (Å²) in [6.45, 7) is 14.0. The van der Waals surface area contributed by atoms with Gasteiger partial charge in [0, 0.05) is 48.7 Å². The van der Waals surface area contributed by atoms with E-state index in [1.54, 1.807) is 36.4 Å². The molecule has 38 heavy (non-hydrogen) atoms. The van der Waals surface area contributed by atoms with Gasteiger partial charge in [-0.15, -0.1) is 19.4 Å². The zero-order chi connectivity index (χ0) is 28.5. The topological polar surface area (TPSA) is 101 Å². The van der Waals surface area contributed by atoms with Crippen LogP contribution in [0.2, 0.25) is 0 Å². The molecule has 1 aliphatic rings. The zero-order valence-electron chi connectivity index (χ0n) is 23.0. The molecule has 2 aromatic carbocycles. The van der Waals surface area contributed by atoms with Crippen molar-refractivity contribution in [1.82, 2.24) is 14.5 Å². The van der Waals surface area contributed by atoms with Crippen LogP contribution in [0.3, 0.4) is 0 Å². The van der Waals surface area contributed by atoms with E-state index in [4.69, 9.17) is 0 Å². The first-order valence-corrected chi connectivity index (χ1v) is 13.5. The highest BCUT2D eigenvalue weighted by atomic mass is 32.1. The molecular weight excluding hydrogens is 496 g/mol. The number of aromatic amines is 1. The lowest BCUT2D eigenvalue weighted by atomic mass is 10.00. The van der Waals surface area contributed by atoms with Crippen LogP contribution in [-0.2, 0) is 6.54 Å². The second kappa shape index (κ2) is 18.1. The smallest absolute Gasteiger partial charge is 0.310 e. The van der Waals surface area contributed by atoms with Crippen LogP contribution in [0.25, 0.3) is 0 Å². The summed E-state index contributed by atoms with van der Waals surface area (Å²) in [5, 5.41) is 4.19. The molecule has 7 nitrogen and oxygen atoms in total. The number of rotatable bonds is 7. The number of allylic oxidation sites excluding steroid dienone is 1. The Balaban J connectivity index is 0.000000811. The first kappa shape index (κ1) is 32.8. The Labute approximate surface area is 232 Å². The van der Waals surface area contributed by atoms with Crippen molar-refractivity contribution in [3.05, 3.63) is 106 Å². The number of thiol groups is 1. The molecule has 3 aromatic rings. The maximum Gasteiger partial charge on any atom is 0.325 e. The van der Waals surface area contributed by atoms with E-state index in [1.807, 2.05) is 55.8 Å². The number of likely N-dealkylation sites (tertiary alicyclic amines) is 1. The number of carbonyl (C=O) groups excluding carboxylic acids is 2. The van der Waals surface area contributed by atoms with Crippen LogP contribution in [0.1, 0.15) is 78.0 Å². The number of aryl methyl sites for hydroxylation is 1. The average molecular weight is 539 g/mol. The summed E-state index contributed by atoms with van der Waals surface area (Å²) in [5.74, 6) is -0.971. The molecule has 0 unspecified atom stereocenters. The number of nitrogens with two attached hydrogens (primary N) is 1. The number of imidazole rings is 1. The maximum atomic E-state index is 12.5. The maximum absolute atomic E-state index is 12.5. The summed E-state index contributed by atoms with van der Waals surface area (Å²) in [4.78, 5) is 42.0. The molecule has 1 saturated heterocycles. The standard InChI is InChI=1S/C24H25N3O3.C4H8.C2H6.H3NS/c1-17-15-27(24(30)25-17)21-11-13-26(14-12-21)16-18-7-9-20(10-8-18)23(29)22(28)19-5-3-2-4-6-19;1-3-4-2;2*1-2/h2-10,15,21H,11-14,16H2,1H3,(H,25,30);3H,1,4H2,2H3;1-2H3;2H,1H2. The highest BCUT2D eigenvalue weighted by Crippen LogP contribution is 2.23. The second-order valence-corrected chi connectivity index (χ2v) is 8.57. The predicted molar refractivity (Wildman–Crippen MR) is 160 cm³/mol. The molecule has 1 fully saturated rings. The molecule has 0 aliphatic carbocycles. The van der Waals surface area contributed by atoms with E-state index in [1.165, 1.54) is 0 Å². The number of ketones is 2. The number of nitrogens with zero attached hydrogens (tertiary/aromatic N) is 2. The fraction of sp³-hybridized carbons (Fsp3) is 0.367. The average Bonchev–Trinajstić information content (AvgIpc) is 3.33. The van der Waals surface area contributed by atoms with Crippen molar-refractivity contribution < 1.29 is 9.59 Å². The molecule has 1 aromatic heterocycles. The van der Waals surface area contributed by atoms with Crippen LogP contribution in [0.15, 0.2) is 78.2 Å². The summed E-state index contributed by atoms with van der Waals surface area (Å²) in [5.41, 5.74) is 2.78. The molecule has 0 atom stereocenters. The van der Waals surface area contributed by atoms with Crippen molar-refractivity contribution in [3.63, 3.8) is 0 Å². The lowest BCUT2D eigenvalue weighted by molar-refractivity contribution is 0.0817. The quantitative estimate of drug-likeness (QED) is 0.153. The first-order valence-electron chi connectivity index (χ1n) is 13.0. The van der Waals surface area contributed by atoms with Crippen molar-refractivity contribution in [2.24, 2.45) is 5.14 Å². The van der Waals surface area contributed by atoms with E-state index in [9.17, 15) is 14.4 Å². The summed E-state index contributed by atoms with van der Waals surface area (Å²) in [6, 6.07) is 16.2. The number of aromatic nitrogens is 2. The Hall–Kier alpha value is -3.20. The van der Waals surface area contributed by atoms with Crippen LogP contribution in [-0.4, -0.2) is 39.1 Å². The van der Waals surface area contributed by atoms with Crippen molar-refractivity contribution in [1.29, 1.82) is 0 Å². The third-order valence-corrected chi connectivity index (χ3v) is 5.98. The number of carbonyl (C=O) groups is 2. The number of Topliss-reactive ketones (excluding diaryl/α,β-unsaturated/α-hetero) is 2. The third-order valence-electron chi connectivity index (χ3n) is 5.98. The minimum Gasteiger partial charge on any atom is -0.310 e. The van der Waals surface area contributed by atoms with Gasteiger partial charge < -0.3 is 4.98 Å². The van der Waals surface area contributed by atoms with Gasteiger partial charge in [0.25, 0.3) is 0 Å². The van der Waals surface area contributed by atoms with Crippen molar-refractivity contribution >= 4 is 24.4 Å². The Morgan fingerprint density at radius 3 is 1.95 bits per heavy atom. The number of benzene rings is 2. The molecule has 8 heteroatoms. The summed E-state index contributed by atoms with van der Waals surface area (Å²) in [7, 11) is 0. The molecule has 0 amide bonds. The summed E-state index contributed by atoms with van der Waals surface area (Å²) >= 11 is 3.03. The Morgan fingerprint density at radius 2 is 1.50 bits per heavy atom. The first-order chi connectivity index (χ1) is 18.4. The Bertz CT molecular complexity index is 1160. The number of H-pyrrole nitrogens is 1. The normalized spacial score (nSPS) is 13.0. The van der Waals surface area contributed by atoms with Gasteiger partial charge in [0.15, 0.2) is 0 Å². The highest BCUT2D eigenvalue weighted by molar-refractivity contribution is 7.77. The molecule has 0 radical (unpaired) electrons. The van der Waals surface area contributed by atoms with Gasteiger partial charge in [0.1, 0.15) is 0 Å². The SMILES string of the molecule is C=CCC.CC.Cc1cn(C2CCN(Cc3ccc(C(=O)C(=O)c4ccccc4)cc3)CC2)c(=O)[nH]1.NS. The van der Waals surface area contributed by atoms with E-state index in [0.29, 0.717) is 11.1 Å². The van der Waals surface area contributed by atoms with E-state index >= 15 is 0 Å². The molecule has 2 heterocycles. The van der Waals surface area contributed by atoms with Gasteiger partial charge in [-0.1, -0.05) is 81.4 Å². The molecule has 0 spiro atoms. The van der Waals surface area contributed by atoms with Crippen molar-refractivity contribution in [3.8, 4) is 0 Å². The molecule has 0 bridgehead atoms. The second-order valence-electron chi connectivity index (χ2n) is 8.57. The minimum absolute atomic E-state index is 0.0312. The van der Waals surface area contributed by atoms with Crippen molar-refractivity contribution in [2.75, 3.05) is 13.1 Å². The van der Waals surface area contributed by atoms with Crippen LogP contribution in [0.5, 0.6) is 0 Å². The van der Waals surface area contributed by atoms with Crippen LogP contribution in [0, 0.1) is 6.92 Å². The molecule has 4 rings (SSSR count). The Morgan fingerprint density at radius 1 is 1.00 bits per heavy atom. The number of hydrogen-bond donors (Lipinski definition) is 3. The largest absolute Gasteiger partial charge is 0.325 e. The Kier molecular flexibility index (Phi) is 15.7. The fourth-order valence-corrected chi connectivity index (χ4v) is 4.03. The summed E-state index contributed by atoms with van der Waals surface area (Å²) in [6.07, 6.45) is 6.72.